The van der Waals surface area contributed by atoms with Crippen LogP contribution in [0.25, 0.3) is 5.76 Å². The van der Waals surface area contributed by atoms with Crippen molar-refractivity contribution in [3.63, 3.8) is 0 Å². The van der Waals surface area contributed by atoms with Gasteiger partial charge in [-0.25, -0.2) is 0 Å². The molecule has 0 saturated heterocycles. The predicted molar refractivity (Wildman–Crippen MR) is 113 cm³/mol. The van der Waals surface area contributed by atoms with E-state index in [0.29, 0.717) is 18.1 Å². The molecule has 1 heterocycles. The maximum absolute atomic E-state index is 6.54. The molecule has 28 heavy (non-hydrogen) atoms. The Bertz CT molecular complexity index is 866. The fourth-order valence-corrected chi connectivity index (χ4v) is 4.00. The lowest BCUT2D eigenvalue weighted by atomic mass is 9.98. The van der Waals surface area contributed by atoms with E-state index in [1.165, 1.54) is 5.56 Å². The fourth-order valence-electron chi connectivity index (χ4n) is 3.14. The first-order chi connectivity index (χ1) is 13.3. The van der Waals surface area contributed by atoms with Crippen LogP contribution in [-0.2, 0) is 10.8 Å². The molecule has 2 aromatic carbocycles. The van der Waals surface area contributed by atoms with Crippen LogP contribution in [0.15, 0.2) is 42.0 Å². The average Bonchev–Trinajstić information content (AvgIpc) is 2.68. The van der Waals surface area contributed by atoms with Gasteiger partial charge in [-0.3, -0.25) is 0 Å². The van der Waals surface area contributed by atoms with Gasteiger partial charge in [-0.15, -0.1) is 0 Å². The maximum atomic E-state index is 6.54. The van der Waals surface area contributed by atoms with Crippen molar-refractivity contribution in [2.24, 2.45) is 0 Å². The molecule has 0 spiro atoms. The van der Waals surface area contributed by atoms with Gasteiger partial charge in [0.25, 0.3) is 0 Å². The molecule has 0 N–H and O–H groups in total. The van der Waals surface area contributed by atoms with Crippen LogP contribution in [0.5, 0.6) is 23.0 Å². The maximum Gasteiger partial charge on any atom is 0.242 e. The van der Waals surface area contributed by atoms with Gasteiger partial charge < -0.3 is 23.4 Å². The first-order valence-electron chi connectivity index (χ1n) is 9.27. The lowest BCUT2D eigenvalue weighted by molar-refractivity contribution is 0.319. The molecular formula is C22H28O5Si. The number of rotatable bonds is 7. The van der Waals surface area contributed by atoms with Crippen LogP contribution >= 0.6 is 0 Å². The SMILES string of the molecule is COc1ccc(CC2=C(O[Si](C)(C)C)c3c(OC)cc(OC)cc3OC2)cc1. The van der Waals surface area contributed by atoms with Crippen LogP contribution in [-0.4, -0.2) is 36.3 Å². The minimum atomic E-state index is -1.86. The molecular weight excluding hydrogens is 372 g/mol. The second-order valence-corrected chi connectivity index (χ2v) is 12.1. The molecule has 0 radical (unpaired) electrons. The third-order valence-electron chi connectivity index (χ3n) is 4.43. The molecule has 0 atom stereocenters. The second-order valence-electron chi connectivity index (χ2n) is 7.66. The van der Waals surface area contributed by atoms with Crippen molar-refractivity contribution in [2.75, 3.05) is 27.9 Å². The topological polar surface area (TPSA) is 46.2 Å². The highest BCUT2D eigenvalue weighted by atomic mass is 28.4. The van der Waals surface area contributed by atoms with Crippen molar-refractivity contribution >= 4 is 14.1 Å². The molecule has 2 aromatic rings. The van der Waals surface area contributed by atoms with Gasteiger partial charge in [-0.2, -0.15) is 0 Å². The summed E-state index contributed by atoms with van der Waals surface area (Å²) in [5.74, 6) is 3.82. The van der Waals surface area contributed by atoms with E-state index in [1.807, 2.05) is 24.3 Å². The molecule has 150 valence electrons. The average molecular weight is 401 g/mol. The molecule has 0 fully saturated rings. The summed E-state index contributed by atoms with van der Waals surface area (Å²) in [6.45, 7) is 7.00. The summed E-state index contributed by atoms with van der Waals surface area (Å²) in [4.78, 5) is 0. The number of methoxy groups -OCH3 is 3. The van der Waals surface area contributed by atoms with Crippen LogP contribution in [0, 0.1) is 0 Å². The standard InChI is InChI=1S/C22H28O5Si/c1-23-17-9-7-15(8-10-17)11-16-14-26-20-13-18(24-2)12-19(25-3)21(20)22(16)27-28(4,5)6/h7-10,12-13H,11,14H2,1-6H3. The minimum Gasteiger partial charge on any atom is -0.544 e. The summed E-state index contributed by atoms with van der Waals surface area (Å²) >= 11 is 0. The highest BCUT2D eigenvalue weighted by molar-refractivity contribution is 6.70. The molecule has 0 aliphatic carbocycles. The Morgan fingerprint density at radius 3 is 2.14 bits per heavy atom. The minimum absolute atomic E-state index is 0.467. The van der Waals surface area contributed by atoms with E-state index in [4.69, 9.17) is 23.4 Å². The van der Waals surface area contributed by atoms with Crippen molar-refractivity contribution in [1.82, 2.24) is 0 Å². The van der Waals surface area contributed by atoms with Crippen molar-refractivity contribution in [2.45, 2.75) is 26.1 Å². The number of hydrogen-bond donors (Lipinski definition) is 0. The molecule has 5 nitrogen and oxygen atoms in total. The molecule has 0 bridgehead atoms. The van der Waals surface area contributed by atoms with E-state index >= 15 is 0 Å². The van der Waals surface area contributed by atoms with Crippen molar-refractivity contribution < 1.29 is 23.4 Å². The van der Waals surface area contributed by atoms with Crippen molar-refractivity contribution in [1.29, 1.82) is 0 Å². The Morgan fingerprint density at radius 2 is 1.57 bits per heavy atom. The summed E-state index contributed by atoms with van der Waals surface area (Å²) in [5, 5.41) is 0. The number of benzene rings is 2. The highest BCUT2D eigenvalue weighted by Gasteiger charge is 2.30. The molecule has 1 aliphatic rings. The lowest BCUT2D eigenvalue weighted by Crippen LogP contribution is -2.27. The molecule has 1 aliphatic heterocycles. The summed E-state index contributed by atoms with van der Waals surface area (Å²) in [5.41, 5.74) is 3.14. The highest BCUT2D eigenvalue weighted by Crippen LogP contribution is 2.44. The smallest absolute Gasteiger partial charge is 0.242 e. The van der Waals surface area contributed by atoms with E-state index in [2.05, 4.69) is 31.8 Å². The zero-order chi connectivity index (χ0) is 20.3. The van der Waals surface area contributed by atoms with Crippen LogP contribution in [0.2, 0.25) is 19.6 Å². The fraction of sp³-hybridized carbons (Fsp3) is 0.364. The lowest BCUT2D eigenvalue weighted by Gasteiger charge is -2.30. The summed E-state index contributed by atoms with van der Waals surface area (Å²) < 4.78 is 28.9. The van der Waals surface area contributed by atoms with E-state index in [9.17, 15) is 0 Å². The van der Waals surface area contributed by atoms with Gasteiger partial charge in [0.05, 0.1) is 26.9 Å². The Morgan fingerprint density at radius 1 is 0.893 bits per heavy atom. The van der Waals surface area contributed by atoms with E-state index in [0.717, 1.165) is 34.8 Å². The number of ether oxygens (including phenoxy) is 4. The molecule has 0 unspecified atom stereocenters. The van der Waals surface area contributed by atoms with Crippen molar-refractivity contribution in [3.8, 4) is 23.0 Å². The summed E-state index contributed by atoms with van der Waals surface area (Å²) in [6.07, 6.45) is 0.735. The largest absolute Gasteiger partial charge is 0.544 e. The Kier molecular flexibility index (Phi) is 5.89. The second kappa shape index (κ2) is 8.18. The zero-order valence-electron chi connectivity index (χ0n) is 17.4. The molecule has 0 saturated carbocycles. The van der Waals surface area contributed by atoms with Crippen LogP contribution in [0.1, 0.15) is 11.1 Å². The third-order valence-corrected chi connectivity index (χ3v) is 5.25. The zero-order valence-corrected chi connectivity index (χ0v) is 18.4. The molecule has 0 aromatic heterocycles. The Balaban J connectivity index is 2.08. The van der Waals surface area contributed by atoms with E-state index in [1.54, 1.807) is 21.3 Å². The molecule has 3 rings (SSSR count). The molecule has 0 amide bonds. The van der Waals surface area contributed by atoms with Gasteiger partial charge in [0, 0.05) is 24.1 Å². The first-order valence-corrected chi connectivity index (χ1v) is 12.7. The van der Waals surface area contributed by atoms with Crippen LogP contribution < -0.4 is 18.9 Å². The van der Waals surface area contributed by atoms with Gasteiger partial charge in [-0.1, -0.05) is 12.1 Å². The Hall–Kier alpha value is -2.60. The van der Waals surface area contributed by atoms with Crippen molar-refractivity contribution in [3.05, 3.63) is 53.1 Å². The summed E-state index contributed by atoms with van der Waals surface area (Å²) in [6, 6.07) is 11.8. The quantitative estimate of drug-likeness (QED) is 0.618. The normalized spacial score (nSPS) is 13.5. The van der Waals surface area contributed by atoms with Gasteiger partial charge in [0.1, 0.15) is 35.4 Å². The van der Waals surface area contributed by atoms with Crippen LogP contribution in [0.4, 0.5) is 0 Å². The van der Waals surface area contributed by atoms with Gasteiger partial charge in [-0.05, 0) is 37.3 Å². The van der Waals surface area contributed by atoms with Gasteiger partial charge in [0.15, 0.2) is 0 Å². The third kappa shape index (κ3) is 4.44. The van der Waals surface area contributed by atoms with Gasteiger partial charge in [0.2, 0.25) is 8.32 Å². The first kappa shape index (κ1) is 20.1. The number of fused-ring (bicyclic) bond motifs is 1. The number of hydrogen-bond acceptors (Lipinski definition) is 5. The van der Waals surface area contributed by atoms with E-state index < -0.39 is 8.32 Å². The monoisotopic (exact) mass is 400 g/mol. The summed E-state index contributed by atoms with van der Waals surface area (Å²) in [7, 11) is 3.09. The Labute approximate surface area is 168 Å². The predicted octanol–water partition coefficient (Wildman–Crippen LogP) is 4.91. The van der Waals surface area contributed by atoms with E-state index in [-0.39, 0.29) is 0 Å². The van der Waals surface area contributed by atoms with Crippen LogP contribution in [0.3, 0.4) is 0 Å². The molecule has 6 heteroatoms. The van der Waals surface area contributed by atoms with Gasteiger partial charge >= 0.3 is 0 Å².